The monoisotopic (exact) mass is 1350 g/mol. The first-order chi connectivity index (χ1) is 52.1. The summed E-state index contributed by atoms with van der Waals surface area (Å²) in [5.41, 5.74) is 39.4. The van der Waals surface area contributed by atoms with Gasteiger partial charge in [-0.05, 0) is 183 Å². The van der Waals surface area contributed by atoms with Gasteiger partial charge in [0, 0.05) is 55.5 Å². The third kappa shape index (κ3) is 9.73. The van der Waals surface area contributed by atoms with Gasteiger partial charge in [0.1, 0.15) is 0 Å². The molecular weight excluding hydrogens is 1280 g/mol. The molecule has 3 nitrogen and oxygen atoms in total. The van der Waals surface area contributed by atoms with Crippen LogP contribution < -0.4 is 10.2 Å². The van der Waals surface area contributed by atoms with Gasteiger partial charge in [-0.1, -0.05) is 343 Å². The van der Waals surface area contributed by atoms with Crippen LogP contribution in [0.3, 0.4) is 0 Å². The summed E-state index contributed by atoms with van der Waals surface area (Å²) in [5, 5.41) is 6.25. The highest BCUT2D eigenvalue weighted by Gasteiger charge is 2.51. The van der Waals surface area contributed by atoms with E-state index in [1.165, 1.54) is 150 Å². The van der Waals surface area contributed by atoms with Crippen LogP contribution >= 0.6 is 0 Å². The van der Waals surface area contributed by atoms with Crippen molar-refractivity contribution in [1.29, 1.82) is 0 Å². The molecule has 21 rings (SSSR count). The summed E-state index contributed by atoms with van der Waals surface area (Å²) in [7, 11) is 0. The third-order valence-corrected chi connectivity index (χ3v) is 23.5. The predicted molar refractivity (Wildman–Crippen MR) is 445 cm³/mol. The lowest BCUT2D eigenvalue weighted by Crippen LogP contribution is -2.33. The summed E-state index contributed by atoms with van der Waals surface area (Å²) in [6.45, 7) is 9.37. The Kier molecular flexibility index (Phi) is 14.5. The fourth-order valence-electron chi connectivity index (χ4n) is 18.4. The maximum Gasteiger partial charge on any atom is 0.0754 e. The van der Waals surface area contributed by atoms with Crippen LogP contribution in [0.2, 0.25) is 0 Å². The molecule has 0 atom stereocenters. The molecule has 502 valence electrons. The van der Waals surface area contributed by atoms with Crippen molar-refractivity contribution in [2.45, 2.75) is 43.9 Å². The zero-order valence-corrected chi connectivity index (χ0v) is 59.7. The number of aromatic nitrogens is 1. The van der Waals surface area contributed by atoms with Gasteiger partial charge in [-0.3, -0.25) is 0 Å². The second-order valence-corrected chi connectivity index (χ2v) is 29.9. The number of benzene rings is 16. The van der Waals surface area contributed by atoms with Gasteiger partial charge in [-0.2, -0.15) is 0 Å². The van der Waals surface area contributed by atoms with E-state index >= 15 is 0 Å². The van der Waals surface area contributed by atoms with Gasteiger partial charge >= 0.3 is 0 Å². The van der Waals surface area contributed by atoms with Crippen LogP contribution in [0.15, 0.2) is 376 Å². The van der Waals surface area contributed by atoms with Crippen LogP contribution in [0.25, 0.3) is 117 Å². The molecule has 0 fully saturated rings. The molecule has 16 aromatic carbocycles. The molecule has 106 heavy (non-hydrogen) atoms. The van der Waals surface area contributed by atoms with Crippen molar-refractivity contribution in [3.05, 3.63) is 421 Å². The molecule has 1 N–H and O–H groups in total. The second-order valence-electron chi connectivity index (χ2n) is 29.9. The van der Waals surface area contributed by atoms with Gasteiger partial charge in [0.15, 0.2) is 0 Å². The molecule has 1 aliphatic heterocycles. The van der Waals surface area contributed by atoms with Gasteiger partial charge in [0.25, 0.3) is 0 Å². The summed E-state index contributed by atoms with van der Waals surface area (Å²) in [5.74, 6) is 0. The molecule has 0 saturated heterocycles. The third-order valence-electron chi connectivity index (χ3n) is 23.5. The van der Waals surface area contributed by atoms with Crippen molar-refractivity contribution in [1.82, 2.24) is 4.57 Å². The minimum atomic E-state index is -0.526. The average molecular weight is 1350 g/mol. The molecular formula is C103H75N3. The summed E-state index contributed by atoms with van der Waals surface area (Å²) >= 11 is 0. The first-order valence-corrected chi connectivity index (χ1v) is 37.1. The molecule has 0 bridgehead atoms. The highest BCUT2D eigenvalue weighted by molar-refractivity contribution is 6.13. The second kappa shape index (κ2) is 24.6. The Morgan fingerprint density at radius 2 is 0.670 bits per heavy atom. The van der Waals surface area contributed by atoms with Crippen molar-refractivity contribution in [2.75, 3.05) is 10.2 Å². The minimum absolute atomic E-state index is 0.00357. The first-order valence-electron chi connectivity index (χ1n) is 37.1. The molecule has 2 heterocycles. The Labute approximate surface area is 620 Å². The number of nitrogens with zero attached hydrogens (tertiary/aromatic N) is 2. The molecule has 0 radical (unpaired) electrons. The fraction of sp³-hybridized carbons (Fsp3) is 0.0680. The highest BCUT2D eigenvalue weighted by atomic mass is 15.1. The van der Waals surface area contributed by atoms with Crippen LogP contribution in [0, 0.1) is 0 Å². The number of hydrogen-bond acceptors (Lipinski definition) is 2. The van der Waals surface area contributed by atoms with E-state index in [9.17, 15) is 0 Å². The number of anilines is 5. The normalized spacial score (nSPS) is 13.7. The highest BCUT2D eigenvalue weighted by Crippen LogP contribution is 2.62. The predicted octanol–water partition coefficient (Wildman–Crippen LogP) is 27.3. The van der Waals surface area contributed by atoms with Crippen molar-refractivity contribution in [3.8, 4) is 94.7 Å². The zero-order chi connectivity index (χ0) is 70.8. The topological polar surface area (TPSA) is 20.2 Å². The molecule has 0 amide bonds. The van der Waals surface area contributed by atoms with Gasteiger partial charge < -0.3 is 14.8 Å². The van der Waals surface area contributed by atoms with Crippen molar-refractivity contribution < 1.29 is 0 Å². The number of hydrogen-bond donors (Lipinski definition) is 1. The van der Waals surface area contributed by atoms with Crippen LogP contribution in [0.4, 0.5) is 28.4 Å². The summed E-state index contributed by atoms with van der Waals surface area (Å²) < 4.78 is 2.57. The lowest BCUT2D eigenvalue weighted by Gasteiger charge is -2.40. The van der Waals surface area contributed by atoms with Crippen molar-refractivity contribution in [3.63, 3.8) is 0 Å². The molecule has 17 aromatic rings. The summed E-state index contributed by atoms with van der Waals surface area (Å²) in [4.78, 5) is 2.49. The Morgan fingerprint density at radius 1 is 0.255 bits per heavy atom. The number of nitrogens with one attached hydrogen (secondary N) is 1. The summed E-state index contributed by atoms with van der Waals surface area (Å²) in [6, 6.07) is 139. The Bertz CT molecular complexity index is 6290. The van der Waals surface area contributed by atoms with Gasteiger partial charge in [-0.15, -0.1) is 0 Å². The SMILES string of the molecule is CC1(C)c2ccccc2-c2ccc(-c3ccc(N(c4ccc5c(c4)-n4c6ccccc6c6cccc(c64)C54c5ccccc5-c5ccccc54)c4ccccc4-c4ccc(-c5ccccc5)cc4)cc3)cc21.CC1(C)c2ccccc2-c2ccc(Nc3ccccc3-c3ccc(-c4ccccc4)cc3)cc21. The molecule has 3 heteroatoms. The van der Waals surface area contributed by atoms with E-state index in [0.29, 0.717) is 0 Å². The molecule has 1 aromatic heterocycles. The van der Waals surface area contributed by atoms with Gasteiger partial charge in [0.05, 0.1) is 27.8 Å². The summed E-state index contributed by atoms with van der Waals surface area (Å²) in [6.07, 6.45) is 0. The lowest BCUT2D eigenvalue weighted by atomic mass is 9.65. The van der Waals surface area contributed by atoms with Crippen LogP contribution in [0.5, 0.6) is 0 Å². The fourth-order valence-corrected chi connectivity index (χ4v) is 18.4. The number of fused-ring (bicyclic) bond motifs is 18. The number of rotatable bonds is 10. The minimum Gasteiger partial charge on any atom is -0.355 e. The Morgan fingerprint density at radius 3 is 1.29 bits per heavy atom. The van der Waals surface area contributed by atoms with E-state index in [1.54, 1.807) is 0 Å². The first kappa shape index (κ1) is 62.7. The van der Waals surface area contributed by atoms with Crippen molar-refractivity contribution >= 4 is 50.2 Å². The van der Waals surface area contributed by atoms with Crippen LogP contribution in [-0.4, -0.2) is 4.57 Å². The largest absolute Gasteiger partial charge is 0.355 e. The van der Waals surface area contributed by atoms with Gasteiger partial charge in [-0.25, -0.2) is 0 Å². The maximum absolute atomic E-state index is 3.71. The van der Waals surface area contributed by atoms with E-state index in [2.05, 4.69) is 419 Å². The number of para-hydroxylation sites is 4. The Balaban J connectivity index is 0.000000183. The molecule has 1 spiro atoms. The van der Waals surface area contributed by atoms with Gasteiger partial charge in [0.2, 0.25) is 0 Å². The maximum atomic E-state index is 3.71. The van der Waals surface area contributed by atoms with E-state index in [4.69, 9.17) is 0 Å². The van der Waals surface area contributed by atoms with E-state index < -0.39 is 5.41 Å². The van der Waals surface area contributed by atoms with E-state index in [-0.39, 0.29) is 10.8 Å². The molecule has 4 aliphatic rings. The Hall–Kier alpha value is -13.1. The zero-order valence-electron chi connectivity index (χ0n) is 59.7. The van der Waals surface area contributed by atoms with Crippen LogP contribution in [-0.2, 0) is 16.2 Å². The lowest BCUT2D eigenvalue weighted by molar-refractivity contribution is 0.660. The quantitative estimate of drug-likeness (QED) is 0.147. The molecule has 0 unspecified atom stereocenters. The average Bonchev–Trinajstić information content (AvgIpc) is 1.48. The molecule has 0 saturated carbocycles. The van der Waals surface area contributed by atoms with Crippen LogP contribution in [0.1, 0.15) is 72.2 Å². The van der Waals surface area contributed by atoms with E-state index in [1.807, 2.05) is 0 Å². The smallest absolute Gasteiger partial charge is 0.0754 e. The molecule has 3 aliphatic carbocycles. The van der Waals surface area contributed by atoms with E-state index in [0.717, 1.165) is 39.6 Å². The van der Waals surface area contributed by atoms with Crippen molar-refractivity contribution in [2.24, 2.45) is 0 Å². The standard InChI is InChI=1S/C70H48N2.C33H27N/c1-69(2)59-25-11-6-20-53(59)56-41-37-49(43-64(56)69)47-35-38-50(39-36-47)71(65-29-14-9-19-52(65)48-33-31-46(32-34-48)45-17-4-3-5-18-45)51-40-42-62-67(44-51)72-66-30-15-10-23-57(66)58-24-16-28-63(68(58)72)70(62)60-26-12-7-21-54(60)55-22-8-13-27-61(55)70;1-33(2)30-14-8-6-13-28(30)29-21-20-26(22-31(29)33)34-32-15-9-7-12-27(32)25-18-16-24(17-19-25)23-10-4-3-5-11-23/h3-44H,1-2H3;3-22,34H,1-2H3.